The van der Waals surface area contributed by atoms with Crippen molar-refractivity contribution in [2.24, 2.45) is 12.9 Å². The minimum atomic E-state index is 0.191. The zero-order chi connectivity index (χ0) is 13.7. The number of nitrogens with zero attached hydrogens (tertiary/aromatic N) is 2. The molecule has 0 radical (unpaired) electrons. The lowest BCUT2D eigenvalue weighted by molar-refractivity contribution is 0.483. The molecule has 0 spiro atoms. The summed E-state index contributed by atoms with van der Waals surface area (Å²) in [6, 6.07) is 8.06. The van der Waals surface area contributed by atoms with Gasteiger partial charge in [-0.25, -0.2) is 4.98 Å². The predicted octanol–water partition coefficient (Wildman–Crippen LogP) is 2.08. The largest absolute Gasteiger partial charge is 0.338 e. The minimum Gasteiger partial charge on any atom is -0.338 e. The molecule has 1 aromatic heterocycles. The number of nitrogens with one attached hydrogen (secondary N) is 1. The second-order valence-electron chi connectivity index (χ2n) is 4.65. The van der Waals surface area contributed by atoms with Crippen LogP contribution >= 0.6 is 11.6 Å². The fraction of sp³-hybridized carbons (Fsp3) is 0.357. The van der Waals surface area contributed by atoms with Crippen molar-refractivity contribution in [3.05, 3.63) is 53.1 Å². The molecule has 0 aliphatic rings. The van der Waals surface area contributed by atoms with Crippen LogP contribution in [0.1, 0.15) is 17.8 Å². The van der Waals surface area contributed by atoms with Gasteiger partial charge in [-0.2, -0.15) is 0 Å². The Hall–Kier alpha value is -1.36. The molecule has 1 atom stereocenters. The molecule has 2 aromatic rings. The van der Waals surface area contributed by atoms with Crippen LogP contribution in [0.15, 0.2) is 36.7 Å². The highest BCUT2D eigenvalue weighted by Gasteiger charge is 2.11. The Morgan fingerprint density at radius 2 is 2.21 bits per heavy atom. The molecule has 0 bridgehead atoms. The normalized spacial score (nSPS) is 12.6. The van der Waals surface area contributed by atoms with Gasteiger partial charge in [0.15, 0.2) is 0 Å². The second kappa shape index (κ2) is 6.70. The van der Waals surface area contributed by atoms with Crippen LogP contribution in [-0.4, -0.2) is 15.6 Å². The maximum atomic E-state index is 6.17. The minimum absolute atomic E-state index is 0.191. The van der Waals surface area contributed by atoms with E-state index in [9.17, 15) is 0 Å². The number of hydrogen-bond donors (Lipinski definition) is 2. The number of aromatic nitrogens is 2. The van der Waals surface area contributed by atoms with Gasteiger partial charge in [0, 0.05) is 36.9 Å². The lowest BCUT2D eigenvalue weighted by Crippen LogP contribution is -2.37. The van der Waals surface area contributed by atoms with Gasteiger partial charge in [-0.3, -0.25) is 11.3 Å². The first kappa shape index (κ1) is 14.1. The molecule has 1 unspecified atom stereocenters. The summed E-state index contributed by atoms with van der Waals surface area (Å²) in [7, 11) is 2.00. The van der Waals surface area contributed by atoms with Crippen molar-refractivity contribution in [1.82, 2.24) is 15.0 Å². The molecule has 0 fully saturated rings. The van der Waals surface area contributed by atoms with Gasteiger partial charge in [0.25, 0.3) is 0 Å². The Labute approximate surface area is 118 Å². The van der Waals surface area contributed by atoms with Crippen LogP contribution in [0.3, 0.4) is 0 Å². The number of benzene rings is 1. The van der Waals surface area contributed by atoms with E-state index in [1.54, 1.807) is 0 Å². The molecule has 1 aromatic carbocycles. The first-order chi connectivity index (χ1) is 9.20. The van der Waals surface area contributed by atoms with Gasteiger partial charge in [0.2, 0.25) is 0 Å². The van der Waals surface area contributed by atoms with Crippen LogP contribution in [0.4, 0.5) is 0 Å². The van der Waals surface area contributed by atoms with E-state index in [-0.39, 0.29) is 6.04 Å². The van der Waals surface area contributed by atoms with Crippen molar-refractivity contribution in [2.45, 2.75) is 25.3 Å². The molecular weight excluding hydrogens is 260 g/mol. The molecule has 3 N–H and O–H groups in total. The highest BCUT2D eigenvalue weighted by atomic mass is 35.5. The predicted molar refractivity (Wildman–Crippen MR) is 77.8 cm³/mol. The van der Waals surface area contributed by atoms with Crippen LogP contribution in [0.5, 0.6) is 0 Å². The van der Waals surface area contributed by atoms with Crippen molar-refractivity contribution in [3.63, 3.8) is 0 Å². The molecule has 0 aliphatic carbocycles. The molecule has 0 saturated carbocycles. The van der Waals surface area contributed by atoms with E-state index >= 15 is 0 Å². The summed E-state index contributed by atoms with van der Waals surface area (Å²) in [5.41, 5.74) is 3.98. The quantitative estimate of drug-likeness (QED) is 0.628. The zero-order valence-electron chi connectivity index (χ0n) is 11.0. The third-order valence-electron chi connectivity index (χ3n) is 3.30. The third kappa shape index (κ3) is 3.80. The number of hydrazine groups is 1. The molecule has 2 rings (SSSR count). The topological polar surface area (TPSA) is 55.9 Å². The number of imidazole rings is 1. The Kier molecular flexibility index (Phi) is 4.96. The van der Waals surface area contributed by atoms with E-state index in [0.717, 1.165) is 35.7 Å². The number of nitrogens with two attached hydrogens (primary N) is 1. The standard InChI is InChI=1S/C14H19ClN4/c1-19-9-8-17-14(19)7-6-12(18-16)10-11-4-2-3-5-13(11)15/h2-5,8-9,12,18H,6-7,10,16H2,1H3. The lowest BCUT2D eigenvalue weighted by Gasteiger charge is -2.16. The van der Waals surface area contributed by atoms with Gasteiger partial charge < -0.3 is 4.57 Å². The van der Waals surface area contributed by atoms with Gasteiger partial charge in [0.05, 0.1) is 0 Å². The third-order valence-corrected chi connectivity index (χ3v) is 3.67. The summed E-state index contributed by atoms with van der Waals surface area (Å²) >= 11 is 6.17. The Bertz CT molecular complexity index is 524. The average molecular weight is 279 g/mol. The second-order valence-corrected chi connectivity index (χ2v) is 5.06. The molecule has 19 heavy (non-hydrogen) atoms. The van der Waals surface area contributed by atoms with E-state index in [4.69, 9.17) is 17.4 Å². The Morgan fingerprint density at radius 1 is 1.42 bits per heavy atom. The van der Waals surface area contributed by atoms with Crippen LogP contribution in [-0.2, 0) is 19.9 Å². The smallest absolute Gasteiger partial charge is 0.108 e. The number of aryl methyl sites for hydroxylation is 2. The summed E-state index contributed by atoms with van der Waals surface area (Å²) in [5, 5.41) is 0.791. The highest BCUT2D eigenvalue weighted by molar-refractivity contribution is 6.31. The van der Waals surface area contributed by atoms with Crippen molar-refractivity contribution in [1.29, 1.82) is 0 Å². The highest BCUT2D eigenvalue weighted by Crippen LogP contribution is 2.17. The van der Waals surface area contributed by atoms with Crippen molar-refractivity contribution < 1.29 is 0 Å². The number of hydrogen-bond acceptors (Lipinski definition) is 3. The zero-order valence-corrected chi connectivity index (χ0v) is 11.8. The fourth-order valence-corrected chi connectivity index (χ4v) is 2.33. The van der Waals surface area contributed by atoms with Gasteiger partial charge >= 0.3 is 0 Å². The number of rotatable bonds is 6. The summed E-state index contributed by atoms with van der Waals surface area (Å²) in [5.74, 6) is 6.70. The summed E-state index contributed by atoms with van der Waals surface area (Å²) in [6.45, 7) is 0. The molecule has 1 heterocycles. The van der Waals surface area contributed by atoms with Gasteiger partial charge in [-0.1, -0.05) is 29.8 Å². The van der Waals surface area contributed by atoms with E-state index < -0.39 is 0 Å². The van der Waals surface area contributed by atoms with Crippen molar-refractivity contribution in [2.75, 3.05) is 0 Å². The van der Waals surface area contributed by atoms with E-state index in [2.05, 4.69) is 10.4 Å². The van der Waals surface area contributed by atoms with Crippen molar-refractivity contribution >= 4 is 11.6 Å². The van der Waals surface area contributed by atoms with E-state index in [1.165, 1.54) is 0 Å². The Morgan fingerprint density at radius 3 is 2.84 bits per heavy atom. The molecule has 0 saturated heterocycles. The van der Waals surface area contributed by atoms with E-state index in [0.29, 0.717) is 0 Å². The molecule has 102 valence electrons. The van der Waals surface area contributed by atoms with E-state index in [1.807, 2.05) is 48.3 Å². The van der Waals surface area contributed by atoms with Crippen LogP contribution < -0.4 is 11.3 Å². The SMILES string of the molecule is Cn1ccnc1CCC(Cc1ccccc1Cl)NN. The summed E-state index contributed by atoms with van der Waals surface area (Å²) in [4.78, 5) is 4.31. The summed E-state index contributed by atoms with van der Waals surface area (Å²) in [6.07, 6.45) is 6.40. The maximum absolute atomic E-state index is 6.17. The fourth-order valence-electron chi connectivity index (χ4n) is 2.11. The van der Waals surface area contributed by atoms with Gasteiger partial charge in [0.1, 0.15) is 5.82 Å². The summed E-state index contributed by atoms with van der Waals surface area (Å²) < 4.78 is 2.03. The van der Waals surface area contributed by atoms with Gasteiger partial charge in [-0.15, -0.1) is 0 Å². The van der Waals surface area contributed by atoms with Crippen LogP contribution in [0.25, 0.3) is 0 Å². The van der Waals surface area contributed by atoms with Crippen molar-refractivity contribution in [3.8, 4) is 0 Å². The average Bonchev–Trinajstić information content (AvgIpc) is 2.82. The maximum Gasteiger partial charge on any atom is 0.108 e. The van der Waals surface area contributed by atoms with Crippen LogP contribution in [0.2, 0.25) is 5.02 Å². The first-order valence-electron chi connectivity index (χ1n) is 6.36. The van der Waals surface area contributed by atoms with Crippen LogP contribution in [0, 0.1) is 0 Å². The van der Waals surface area contributed by atoms with Gasteiger partial charge in [-0.05, 0) is 24.5 Å². The monoisotopic (exact) mass is 278 g/mol. The molecule has 0 aliphatic heterocycles. The molecule has 4 nitrogen and oxygen atoms in total. The number of halogens is 1. The molecular formula is C14H19ClN4. The first-order valence-corrected chi connectivity index (χ1v) is 6.74. The Balaban J connectivity index is 1.94. The lowest BCUT2D eigenvalue weighted by atomic mass is 10.0. The molecule has 5 heteroatoms. The molecule has 0 amide bonds.